The summed E-state index contributed by atoms with van der Waals surface area (Å²) in [5, 5.41) is 34.2. The lowest BCUT2D eigenvalue weighted by Crippen LogP contribution is -2.16. The smallest absolute Gasteiger partial charge is 0.453 e. The molecule has 0 amide bonds. The Bertz CT molecular complexity index is 408. The molecule has 14 heavy (non-hydrogen) atoms. The summed E-state index contributed by atoms with van der Waals surface area (Å²) in [6.07, 6.45) is 0. The van der Waals surface area contributed by atoms with Gasteiger partial charge in [-0.3, -0.25) is 0 Å². The minimum Gasteiger partial charge on any atom is -0.476 e. The van der Waals surface area contributed by atoms with E-state index in [1.165, 1.54) is 0 Å². The van der Waals surface area contributed by atoms with E-state index in [2.05, 4.69) is 15.2 Å². The van der Waals surface area contributed by atoms with Gasteiger partial charge in [0.2, 0.25) is 0 Å². The quantitative estimate of drug-likeness (QED) is 0.244. The van der Waals surface area contributed by atoms with Gasteiger partial charge in [0.05, 0.1) is 0 Å². The molecule has 0 radical (unpaired) electrons. The van der Waals surface area contributed by atoms with Crippen LogP contribution >= 0.6 is 0 Å². The molecule has 0 saturated carbocycles. The van der Waals surface area contributed by atoms with Gasteiger partial charge in [0.15, 0.2) is 0 Å². The fourth-order valence-electron chi connectivity index (χ4n) is 0.624. The average Bonchev–Trinajstić information content (AvgIpc) is 2.53. The highest BCUT2D eigenvalue weighted by molar-refractivity contribution is 6.41. The van der Waals surface area contributed by atoms with Gasteiger partial charge in [-0.05, 0) is 9.91 Å². The third-order valence-corrected chi connectivity index (χ3v) is 1.16. The predicted molar refractivity (Wildman–Crippen MR) is 39.0 cm³/mol. The Kier molecular flexibility index (Phi) is 2.37. The van der Waals surface area contributed by atoms with Crippen LogP contribution < -0.4 is 0 Å². The maximum Gasteiger partial charge on any atom is 0.453 e. The molecule has 0 fully saturated rings. The van der Waals surface area contributed by atoms with Gasteiger partial charge in [0.25, 0.3) is 5.71 Å². The zero-order valence-corrected chi connectivity index (χ0v) is 6.41. The number of aliphatic carboxylic acids is 1. The lowest BCUT2D eigenvalue weighted by atomic mass is 10.4. The third kappa shape index (κ3) is 1.63. The van der Waals surface area contributed by atoms with E-state index in [9.17, 15) is 14.9 Å². The average molecular weight is 201 g/mol. The van der Waals surface area contributed by atoms with Gasteiger partial charge >= 0.3 is 17.7 Å². The Morgan fingerprint density at radius 3 is 2.64 bits per heavy atom. The SMILES string of the molecule is O=C(O)C(=NO)c1n[nH]c([N+](=O)[O-])n1. The molecule has 1 aromatic heterocycles. The molecule has 0 atom stereocenters. The molecule has 1 heterocycles. The molecule has 0 unspecified atom stereocenters. The van der Waals surface area contributed by atoms with Crippen LogP contribution in [0, 0.1) is 10.1 Å². The molecule has 0 bridgehead atoms. The van der Waals surface area contributed by atoms with Crippen molar-refractivity contribution in [3.63, 3.8) is 0 Å². The maximum atomic E-state index is 10.4. The number of hydrogen-bond donors (Lipinski definition) is 3. The first-order valence-electron chi connectivity index (χ1n) is 3.08. The number of carboxylic acid groups (broad SMARTS) is 1. The van der Waals surface area contributed by atoms with Crippen molar-refractivity contribution in [3.05, 3.63) is 15.9 Å². The van der Waals surface area contributed by atoms with Crippen molar-refractivity contribution in [2.75, 3.05) is 0 Å². The number of carbonyl (C=O) groups is 1. The summed E-state index contributed by atoms with van der Waals surface area (Å²) >= 11 is 0. The number of aromatic amines is 1. The van der Waals surface area contributed by atoms with E-state index in [1.807, 2.05) is 5.10 Å². The van der Waals surface area contributed by atoms with E-state index < -0.39 is 28.4 Å². The molecule has 10 heteroatoms. The standard InChI is InChI=1S/C4H3N5O5/c10-3(11)1(8-12)2-5-4(7-6-2)9(13)14/h12H,(H,10,11)(H,5,6,7). The Labute approximate surface area is 75.0 Å². The lowest BCUT2D eigenvalue weighted by Gasteiger charge is -1.86. The first kappa shape index (κ1) is 9.57. The van der Waals surface area contributed by atoms with Crippen molar-refractivity contribution in [2.45, 2.75) is 0 Å². The maximum absolute atomic E-state index is 10.4. The van der Waals surface area contributed by atoms with Crippen molar-refractivity contribution in [2.24, 2.45) is 5.16 Å². The van der Waals surface area contributed by atoms with Crippen LogP contribution in [-0.2, 0) is 4.79 Å². The summed E-state index contributed by atoms with van der Waals surface area (Å²) in [5.74, 6) is -2.89. The molecule has 74 valence electrons. The van der Waals surface area contributed by atoms with Crippen LogP contribution in [0.4, 0.5) is 5.95 Å². The van der Waals surface area contributed by atoms with E-state index >= 15 is 0 Å². The van der Waals surface area contributed by atoms with Crippen LogP contribution in [-0.4, -0.2) is 42.1 Å². The first-order chi connectivity index (χ1) is 6.56. The molecule has 0 saturated heterocycles. The van der Waals surface area contributed by atoms with Crippen LogP contribution in [0.5, 0.6) is 0 Å². The first-order valence-corrected chi connectivity index (χ1v) is 3.08. The molecule has 0 spiro atoms. The lowest BCUT2D eigenvalue weighted by molar-refractivity contribution is -0.394. The number of nitrogens with zero attached hydrogens (tertiary/aromatic N) is 4. The van der Waals surface area contributed by atoms with Crippen molar-refractivity contribution in [3.8, 4) is 0 Å². The summed E-state index contributed by atoms with van der Waals surface area (Å²) in [4.78, 5) is 22.7. The van der Waals surface area contributed by atoms with E-state index in [1.54, 1.807) is 0 Å². The fourth-order valence-corrected chi connectivity index (χ4v) is 0.624. The van der Waals surface area contributed by atoms with Gasteiger partial charge in [-0.15, -0.1) is 5.10 Å². The van der Waals surface area contributed by atoms with E-state index in [4.69, 9.17) is 10.3 Å². The van der Waals surface area contributed by atoms with Crippen molar-refractivity contribution in [1.82, 2.24) is 15.2 Å². The number of rotatable bonds is 3. The number of carboxylic acids is 1. The molecule has 0 aromatic carbocycles. The number of nitro groups is 1. The highest BCUT2D eigenvalue weighted by atomic mass is 16.6. The van der Waals surface area contributed by atoms with Gasteiger partial charge in [0.1, 0.15) is 0 Å². The molecular formula is C4H3N5O5. The van der Waals surface area contributed by atoms with Crippen molar-refractivity contribution < 1.29 is 20.0 Å². The van der Waals surface area contributed by atoms with Gasteiger partial charge in [-0.25, -0.2) is 4.79 Å². The molecule has 0 aliphatic carbocycles. The van der Waals surface area contributed by atoms with E-state index in [-0.39, 0.29) is 0 Å². The minimum atomic E-state index is -1.60. The topological polar surface area (TPSA) is 155 Å². The van der Waals surface area contributed by atoms with Crippen LogP contribution in [0.25, 0.3) is 0 Å². The highest BCUT2D eigenvalue weighted by Crippen LogP contribution is 2.02. The molecule has 1 rings (SSSR count). The molecule has 0 aliphatic heterocycles. The van der Waals surface area contributed by atoms with Crippen molar-refractivity contribution >= 4 is 17.6 Å². The van der Waals surface area contributed by atoms with Crippen LogP contribution in [0.1, 0.15) is 5.82 Å². The largest absolute Gasteiger partial charge is 0.476 e. The number of hydrogen-bond acceptors (Lipinski definition) is 7. The summed E-state index contributed by atoms with van der Waals surface area (Å²) in [7, 11) is 0. The predicted octanol–water partition coefficient (Wildman–Crippen LogP) is -1.02. The second-order valence-electron chi connectivity index (χ2n) is 1.99. The monoisotopic (exact) mass is 201 g/mol. The Morgan fingerprint density at radius 1 is 1.64 bits per heavy atom. The number of oxime groups is 1. The van der Waals surface area contributed by atoms with E-state index in [0.717, 1.165) is 0 Å². The zero-order chi connectivity index (χ0) is 10.7. The molecule has 1 aromatic rings. The Balaban J connectivity index is 3.08. The van der Waals surface area contributed by atoms with E-state index in [0.29, 0.717) is 0 Å². The van der Waals surface area contributed by atoms with Gasteiger partial charge < -0.3 is 20.4 Å². The summed E-state index contributed by atoms with van der Waals surface area (Å²) in [6, 6.07) is 0. The summed E-state index contributed by atoms with van der Waals surface area (Å²) < 4.78 is 0. The van der Waals surface area contributed by atoms with Crippen LogP contribution in [0.15, 0.2) is 5.16 Å². The summed E-state index contributed by atoms with van der Waals surface area (Å²) in [6.45, 7) is 0. The fraction of sp³-hybridized carbons (Fsp3) is 0. The van der Waals surface area contributed by atoms with Gasteiger partial charge in [0, 0.05) is 0 Å². The summed E-state index contributed by atoms with van der Waals surface area (Å²) in [5.41, 5.74) is -0.880. The molecule has 0 aliphatic rings. The normalized spacial score (nSPS) is 11.3. The van der Waals surface area contributed by atoms with Crippen molar-refractivity contribution in [1.29, 1.82) is 0 Å². The van der Waals surface area contributed by atoms with Gasteiger partial charge in [-0.1, -0.05) is 10.3 Å². The number of nitrogens with one attached hydrogen (secondary N) is 1. The number of aromatic nitrogens is 3. The third-order valence-electron chi connectivity index (χ3n) is 1.16. The molecule has 3 N–H and O–H groups in total. The van der Waals surface area contributed by atoms with Crippen LogP contribution in [0.2, 0.25) is 0 Å². The zero-order valence-electron chi connectivity index (χ0n) is 6.41. The van der Waals surface area contributed by atoms with Gasteiger partial charge in [-0.2, -0.15) is 0 Å². The second kappa shape index (κ2) is 3.47. The highest BCUT2D eigenvalue weighted by Gasteiger charge is 2.25. The Morgan fingerprint density at radius 2 is 2.29 bits per heavy atom. The Hall–Kier alpha value is -2.52. The molecular weight excluding hydrogens is 198 g/mol. The van der Waals surface area contributed by atoms with Crippen LogP contribution in [0.3, 0.4) is 0 Å². The second-order valence-corrected chi connectivity index (χ2v) is 1.99. The minimum absolute atomic E-state index is 0.563. The number of H-pyrrole nitrogens is 1. The molecule has 10 nitrogen and oxygen atoms in total.